The van der Waals surface area contributed by atoms with E-state index < -0.39 is 12.1 Å². The maximum absolute atomic E-state index is 15.6. The highest BCUT2D eigenvalue weighted by molar-refractivity contribution is 6.35. The van der Waals surface area contributed by atoms with E-state index in [0.717, 1.165) is 41.5 Å². The van der Waals surface area contributed by atoms with Crippen LogP contribution in [-0.4, -0.2) is 47.7 Å². The summed E-state index contributed by atoms with van der Waals surface area (Å²) in [6, 6.07) is 10.8. The first kappa shape index (κ1) is 29.1. The molecule has 3 aromatic rings. The van der Waals surface area contributed by atoms with E-state index in [2.05, 4.69) is 21.7 Å². The van der Waals surface area contributed by atoms with Gasteiger partial charge in [-0.05, 0) is 98.5 Å². The Morgan fingerprint density at radius 2 is 2.05 bits per heavy atom. The average molecular weight is 572 g/mol. The molecule has 8 heteroatoms. The predicted molar refractivity (Wildman–Crippen MR) is 154 cm³/mol. The van der Waals surface area contributed by atoms with Crippen LogP contribution in [0.15, 0.2) is 42.6 Å². The van der Waals surface area contributed by atoms with Gasteiger partial charge in [-0.25, -0.2) is 4.39 Å². The summed E-state index contributed by atoms with van der Waals surface area (Å²) in [5.41, 5.74) is 3.05. The Kier molecular flexibility index (Phi) is 10.1. The minimum atomic E-state index is -1.14. The van der Waals surface area contributed by atoms with Gasteiger partial charge in [-0.1, -0.05) is 35.0 Å². The molecule has 1 fully saturated rings. The number of hydrogen-bond donors (Lipinski definition) is 1. The average Bonchev–Trinajstić information content (AvgIpc) is 2.91. The molecule has 0 amide bonds. The van der Waals surface area contributed by atoms with Gasteiger partial charge in [0.25, 0.3) is 0 Å². The smallest absolute Gasteiger partial charge is 0.303 e. The molecule has 0 aliphatic carbocycles. The molecule has 4 rings (SSSR count). The molecule has 1 saturated heterocycles. The second-order valence-corrected chi connectivity index (χ2v) is 11.0. The number of piperidine rings is 1. The molecule has 1 aromatic heterocycles. The standard InChI is InChI=1S/C31H33Cl2FN2O3/c1-20-16-23(32)17-28(33)25(20)4-3-14-36-15-12-21(22(19-36)6-10-31(37)38)5-8-29(34)26-11-13-35-30-9-7-24(39-2)18-27(26)30/h7,9,11,13,16-18,21-22,29H,5-6,8,10,12,14-15,19H2,1-2H3,(H,37,38)/t21-,22-,29-/m1/s1. The first-order chi connectivity index (χ1) is 18.7. The number of fused-ring (bicyclic) bond motifs is 1. The molecule has 5 nitrogen and oxygen atoms in total. The highest BCUT2D eigenvalue weighted by atomic mass is 35.5. The zero-order chi connectivity index (χ0) is 27.9. The number of carboxylic acid groups (broad SMARTS) is 1. The summed E-state index contributed by atoms with van der Waals surface area (Å²) in [6.07, 6.45) is 3.12. The number of pyridine rings is 1. The second-order valence-electron chi connectivity index (χ2n) is 10.2. The van der Waals surface area contributed by atoms with Crippen LogP contribution in [0.25, 0.3) is 10.9 Å². The second kappa shape index (κ2) is 13.5. The lowest BCUT2D eigenvalue weighted by Gasteiger charge is -2.38. The van der Waals surface area contributed by atoms with E-state index in [1.807, 2.05) is 31.2 Å². The van der Waals surface area contributed by atoms with E-state index in [0.29, 0.717) is 47.2 Å². The highest BCUT2D eigenvalue weighted by Gasteiger charge is 2.30. The molecule has 39 heavy (non-hydrogen) atoms. The fourth-order valence-electron chi connectivity index (χ4n) is 5.48. The molecule has 0 spiro atoms. The number of nitrogens with zero attached hydrogens (tertiary/aromatic N) is 2. The molecular weight excluding hydrogens is 538 g/mol. The Bertz CT molecular complexity index is 1360. The number of alkyl halides is 1. The number of likely N-dealkylation sites (tertiary alicyclic amines) is 1. The van der Waals surface area contributed by atoms with Gasteiger partial charge in [-0.3, -0.25) is 14.7 Å². The number of aromatic nitrogens is 1. The number of aryl methyl sites for hydroxylation is 1. The molecule has 2 aromatic carbocycles. The van der Waals surface area contributed by atoms with Crippen molar-refractivity contribution in [3.05, 3.63) is 69.3 Å². The van der Waals surface area contributed by atoms with Crippen LogP contribution in [0.5, 0.6) is 5.75 Å². The van der Waals surface area contributed by atoms with Crippen LogP contribution in [-0.2, 0) is 4.79 Å². The fraction of sp³-hybridized carbons (Fsp3) is 0.419. The molecule has 0 saturated carbocycles. The molecule has 3 atom stereocenters. The Balaban J connectivity index is 1.41. The zero-order valence-corrected chi connectivity index (χ0v) is 23.7. The zero-order valence-electron chi connectivity index (χ0n) is 22.2. The molecule has 2 heterocycles. The molecule has 1 aliphatic heterocycles. The number of hydrogen-bond acceptors (Lipinski definition) is 4. The lowest BCUT2D eigenvalue weighted by molar-refractivity contribution is -0.137. The van der Waals surface area contributed by atoms with Crippen LogP contribution in [0.2, 0.25) is 10.0 Å². The van der Waals surface area contributed by atoms with Crippen LogP contribution in [0.4, 0.5) is 4.39 Å². The van der Waals surface area contributed by atoms with Crippen molar-refractivity contribution >= 4 is 40.1 Å². The van der Waals surface area contributed by atoms with Gasteiger partial charge in [0.05, 0.1) is 24.2 Å². The molecule has 1 N–H and O–H groups in total. The van der Waals surface area contributed by atoms with Gasteiger partial charge in [-0.15, -0.1) is 0 Å². The molecule has 0 bridgehead atoms. The number of methoxy groups -OCH3 is 1. The Morgan fingerprint density at radius 3 is 2.79 bits per heavy atom. The predicted octanol–water partition coefficient (Wildman–Crippen LogP) is 7.50. The van der Waals surface area contributed by atoms with Gasteiger partial charge in [0, 0.05) is 35.1 Å². The van der Waals surface area contributed by atoms with Crippen molar-refractivity contribution in [2.45, 2.75) is 45.2 Å². The SMILES string of the molecule is COc1ccc2nccc([C@H](F)CC[C@@H]3CCN(CC#Cc4c(C)cc(Cl)cc4Cl)C[C@H]3CCC(=O)O)c2c1. The maximum Gasteiger partial charge on any atom is 0.303 e. The quantitative estimate of drug-likeness (QED) is 0.270. The number of rotatable bonds is 9. The lowest BCUT2D eigenvalue weighted by Crippen LogP contribution is -2.41. The summed E-state index contributed by atoms with van der Waals surface area (Å²) < 4.78 is 20.9. The van der Waals surface area contributed by atoms with Gasteiger partial charge in [0.2, 0.25) is 0 Å². The summed E-state index contributed by atoms with van der Waals surface area (Å²) in [4.78, 5) is 18.0. The van der Waals surface area contributed by atoms with E-state index >= 15 is 4.39 Å². The van der Waals surface area contributed by atoms with Crippen LogP contribution < -0.4 is 4.74 Å². The Labute approximate surface area is 239 Å². The normalized spacial score (nSPS) is 18.4. The highest BCUT2D eigenvalue weighted by Crippen LogP contribution is 2.36. The molecular formula is C31H33Cl2FN2O3. The van der Waals surface area contributed by atoms with Gasteiger partial charge >= 0.3 is 5.97 Å². The third-order valence-corrected chi connectivity index (χ3v) is 8.10. The topological polar surface area (TPSA) is 62.7 Å². The van der Waals surface area contributed by atoms with Gasteiger partial charge in [-0.2, -0.15) is 0 Å². The minimum Gasteiger partial charge on any atom is -0.497 e. The summed E-state index contributed by atoms with van der Waals surface area (Å²) in [6.45, 7) is 4.07. The summed E-state index contributed by atoms with van der Waals surface area (Å²) in [7, 11) is 1.59. The van der Waals surface area contributed by atoms with Crippen LogP contribution in [0.3, 0.4) is 0 Å². The third kappa shape index (κ3) is 7.63. The number of ether oxygens (including phenoxy) is 1. The van der Waals surface area contributed by atoms with Crippen LogP contribution in [0, 0.1) is 30.6 Å². The summed E-state index contributed by atoms with van der Waals surface area (Å²) >= 11 is 12.4. The van der Waals surface area contributed by atoms with E-state index in [1.54, 1.807) is 25.4 Å². The van der Waals surface area contributed by atoms with Crippen LogP contribution >= 0.6 is 23.2 Å². The number of halogens is 3. The number of carboxylic acids is 1. The number of carbonyl (C=O) groups is 1. The lowest BCUT2D eigenvalue weighted by atomic mass is 9.79. The van der Waals surface area contributed by atoms with Gasteiger partial charge in [0.15, 0.2) is 0 Å². The van der Waals surface area contributed by atoms with E-state index in [-0.39, 0.29) is 18.3 Å². The monoisotopic (exact) mass is 570 g/mol. The molecule has 206 valence electrons. The molecule has 1 aliphatic rings. The maximum atomic E-state index is 15.6. The Morgan fingerprint density at radius 1 is 1.23 bits per heavy atom. The molecule has 0 unspecified atom stereocenters. The van der Waals surface area contributed by atoms with E-state index in [9.17, 15) is 9.90 Å². The van der Waals surface area contributed by atoms with E-state index in [4.69, 9.17) is 27.9 Å². The first-order valence-corrected chi connectivity index (χ1v) is 14.0. The Hall–Kier alpha value is -2.85. The number of benzene rings is 2. The van der Waals surface area contributed by atoms with Gasteiger partial charge < -0.3 is 9.84 Å². The minimum absolute atomic E-state index is 0.105. The first-order valence-electron chi connectivity index (χ1n) is 13.2. The van der Waals surface area contributed by atoms with Crippen molar-refractivity contribution in [3.8, 4) is 17.6 Å². The fourth-order valence-corrected chi connectivity index (χ4v) is 6.12. The van der Waals surface area contributed by atoms with Crippen molar-refractivity contribution < 1.29 is 19.0 Å². The number of aliphatic carboxylic acids is 1. The largest absolute Gasteiger partial charge is 0.497 e. The summed E-state index contributed by atoms with van der Waals surface area (Å²) in [5, 5.41) is 11.2. The van der Waals surface area contributed by atoms with E-state index in [1.165, 1.54) is 0 Å². The van der Waals surface area contributed by atoms with Crippen LogP contribution in [0.1, 0.15) is 55.0 Å². The van der Waals surface area contributed by atoms with Gasteiger partial charge in [0.1, 0.15) is 11.9 Å². The van der Waals surface area contributed by atoms with Crippen molar-refractivity contribution in [3.63, 3.8) is 0 Å². The summed E-state index contributed by atoms with van der Waals surface area (Å²) in [5.74, 6) is 6.68. The third-order valence-electron chi connectivity index (χ3n) is 7.58. The van der Waals surface area contributed by atoms with Crippen molar-refractivity contribution in [1.29, 1.82) is 0 Å². The van der Waals surface area contributed by atoms with Crippen molar-refractivity contribution in [2.75, 3.05) is 26.7 Å². The van der Waals surface area contributed by atoms with Crippen molar-refractivity contribution in [2.24, 2.45) is 11.8 Å². The molecule has 0 radical (unpaired) electrons. The van der Waals surface area contributed by atoms with Crippen molar-refractivity contribution in [1.82, 2.24) is 9.88 Å².